The molecule has 0 bridgehead atoms. The zero-order valence-electron chi connectivity index (χ0n) is 12.1. The van der Waals surface area contributed by atoms with E-state index in [1.54, 1.807) is 0 Å². The molecule has 0 aliphatic carbocycles. The minimum Gasteiger partial charge on any atom is -0.487 e. The lowest BCUT2D eigenvalue weighted by Gasteiger charge is -2.15. The number of aromatic nitrogens is 2. The number of aliphatic hydroxyl groups is 1. The van der Waals surface area contributed by atoms with Crippen LogP contribution in [0.3, 0.4) is 0 Å². The number of benzene rings is 1. The Morgan fingerprint density at radius 3 is 2.85 bits per heavy atom. The number of para-hydroxylation sites is 1. The maximum atomic E-state index is 10.0. The normalized spacial score (nSPS) is 12.3. The molecule has 0 aliphatic rings. The second kappa shape index (κ2) is 7.10. The highest BCUT2D eigenvalue weighted by Crippen LogP contribution is 2.27. The molecule has 20 heavy (non-hydrogen) atoms. The van der Waals surface area contributed by atoms with Crippen LogP contribution in [0, 0.1) is 0 Å². The van der Waals surface area contributed by atoms with Crippen LogP contribution in [-0.2, 0) is 13.2 Å². The minimum atomic E-state index is -0.480. The van der Waals surface area contributed by atoms with Crippen LogP contribution in [0.25, 0.3) is 0 Å². The van der Waals surface area contributed by atoms with Gasteiger partial charge in [0.2, 0.25) is 0 Å². The average molecular weight is 274 g/mol. The van der Waals surface area contributed by atoms with Crippen LogP contribution in [0.4, 0.5) is 0 Å². The van der Waals surface area contributed by atoms with E-state index in [0.717, 1.165) is 30.0 Å². The van der Waals surface area contributed by atoms with Crippen LogP contribution in [0.5, 0.6) is 5.75 Å². The summed E-state index contributed by atoms with van der Waals surface area (Å²) in [7, 11) is 0. The molecule has 0 fully saturated rings. The maximum absolute atomic E-state index is 10.0. The standard InChI is InChI=1S/C16H22N2O2/c1-3-9-18-12-17-10-13(18)11-20-16-8-6-5-7-14(16)15(19)4-2/h5-8,10,12,15,19H,3-4,9,11H2,1-2H3/t15-/m0/s1. The van der Waals surface area contributed by atoms with Gasteiger partial charge in [-0.05, 0) is 18.9 Å². The van der Waals surface area contributed by atoms with E-state index >= 15 is 0 Å². The highest BCUT2D eigenvalue weighted by molar-refractivity contribution is 5.35. The summed E-state index contributed by atoms with van der Waals surface area (Å²) in [5.41, 5.74) is 1.89. The SMILES string of the molecule is CCCn1cncc1COc1ccccc1[C@@H](O)CC. The predicted octanol–water partition coefficient (Wildman–Crippen LogP) is 3.32. The molecule has 1 aromatic carbocycles. The highest BCUT2D eigenvalue weighted by Gasteiger charge is 2.11. The molecule has 1 aromatic heterocycles. The van der Waals surface area contributed by atoms with Crippen molar-refractivity contribution in [3.63, 3.8) is 0 Å². The van der Waals surface area contributed by atoms with Gasteiger partial charge in [-0.3, -0.25) is 0 Å². The molecule has 4 nitrogen and oxygen atoms in total. The smallest absolute Gasteiger partial charge is 0.130 e. The van der Waals surface area contributed by atoms with Crippen molar-refractivity contribution in [1.82, 2.24) is 9.55 Å². The van der Waals surface area contributed by atoms with Crippen molar-refractivity contribution in [2.75, 3.05) is 0 Å². The summed E-state index contributed by atoms with van der Waals surface area (Å²) in [6.07, 6.45) is 4.92. The molecule has 0 aliphatic heterocycles. The van der Waals surface area contributed by atoms with Gasteiger partial charge in [-0.25, -0.2) is 4.98 Å². The number of hydrogen-bond acceptors (Lipinski definition) is 3. The fourth-order valence-electron chi connectivity index (χ4n) is 2.17. The van der Waals surface area contributed by atoms with E-state index in [2.05, 4.69) is 16.5 Å². The third kappa shape index (κ3) is 3.39. The molecule has 4 heteroatoms. The highest BCUT2D eigenvalue weighted by atomic mass is 16.5. The fourth-order valence-corrected chi connectivity index (χ4v) is 2.17. The summed E-state index contributed by atoms with van der Waals surface area (Å²) >= 11 is 0. The predicted molar refractivity (Wildman–Crippen MR) is 78.5 cm³/mol. The molecule has 0 radical (unpaired) electrons. The molecule has 0 saturated carbocycles. The van der Waals surface area contributed by atoms with Crippen molar-refractivity contribution in [1.29, 1.82) is 0 Å². The first kappa shape index (κ1) is 14.6. The topological polar surface area (TPSA) is 47.3 Å². The summed E-state index contributed by atoms with van der Waals surface area (Å²) in [6.45, 7) is 5.50. The van der Waals surface area contributed by atoms with Gasteiger partial charge in [0.25, 0.3) is 0 Å². The van der Waals surface area contributed by atoms with Crippen molar-refractivity contribution < 1.29 is 9.84 Å². The van der Waals surface area contributed by atoms with E-state index in [4.69, 9.17) is 4.74 Å². The summed E-state index contributed by atoms with van der Waals surface area (Å²) in [4.78, 5) is 4.16. The van der Waals surface area contributed by atoms with Crippen LogP contribution in [0.15, 0.2) is 36.8 Å². The quantitative estimate of drug-likeness (QED) is 0.842. The molecule has 2 rings (SSSR count). The first-order valence-electron chi connectivity index (χ1n) is 7.15. The van der Waals surface area contributed by atoms with E-state index in [1.807, 2.05) is 43.7 Å². The van der Waals surface area contributed by atoms with Gasteiger partial charge in [-0.1, -0.05) is 32.0 Å². The van der Waals surface area contributed by atoms with Crippen LogP contribution < -0.4 is 4.74 Å². The first-order chi connectivity index (χ1) is 9.76. The second-order valence-corrected chi connectivity index (χ2v) is 4.83. The van der Waals surface area contributed by atoms with Gasteiger partial charge in [-0.15, -0.1) is 0 Å². The summed E-state index contributed by atoms with van der Waals surface area (Å²) in [5.74, 6) is 0.742. The molecule has 0 amide bonds. The zero-order valence-corrected chi connectivity index (χ0v) is 12.1. The number of imidazole rings is 1. The lowest BCUT2D eigenvalue weighted by molar-refractivity contribution is 0.166. The van der Waals surface area contributed by atoms with E-state index in [-0.39, 0.29) is 0 Å². The Balaban J connectivity index is 2.09. The first-order valence-corrected chi connectivity index (χ1v) is 7.15. The third-order valence-corrected chi connectivity index (χ3v) is 3.30. The zero-order chi connectivity index (χ0) is 14.4. The number of aryl methyl sites for hydroxylation is 1. The Kier molecular flexibility index (Phi) is 5.18. The number of nitrogens with zero attached hydrogens (tertiary/aromatic N) is 2. The van der Waals surface area contributed by atoms with Crippen molar-refractivity contribution in [2.24, 2.45) is 0 Å². The van der Waals surface area contributed by atoms with E-state index in [9.17, 15) is 5.11 Å². The van der Waals surface area contributed by atoms with Gasteiger partial charge in [0.1, 0.15) is 12.4 Å². The second-order valence-electron chi connectivity index (χ2n) is 4.83. The fraction of sp³-hybridized carbons (Fsp3) is 0.438. The van der Waals surface area contributed by atoms with Gasteiger partial charge >= 0.3 is 0 Å². The average Bonchev–Trinajstić information content (AvgIpc) is 2.92. The number of rotatable bonds is 7. The molecule has 0 unspecified atom stereocenters. The monoisotopic (exact) mass is 274 g/mol. The van der Waals surface area contributed by atoms with Gasteiger partial charge < -0.3 is 14.4 Å². The van der Waals surface area contributed by atoms with Crippen LogP contribution in [0.1, 0.15) is 44.1 Å². The molecule has 0 spiro atoms. The largest absolute Gasteiger partial charge is 0.487 e. The Bertz CT molecular complexity index is 537. The Morgan fingerprint density at radius 1 is 1.30 bits per heavy atom. The van der Waals surface area contributed by atoms with Crippen molar-refractivity contribution in [2.45, 2.75) is 45.9 Å². The minimum absolute atomic E-state index is 0.466. The molecule has 108 valence electrons. The summed E-state index contributed by atoms with van der Waals surface area (Å²) < 4.78 is 7.97. The van der Waals surface area contributed by atoms with Gasteiger partial charge in [0.15, 0.2) is 0 Å². The molecule has 2 aromatic rings. The van der Waals surface area contributed by atoms with Gasteiger partial charge in [-0.2, -0.15) is 0 Å². The van der Waals surface area contributed by atoms with E-state index in [1.165, 1.54) is 0 Å². The summed E-state index contributed by atoms with van der Waals surface area (Å²) in [6, 6.07) is 7.65. The number of ether oxygens (including phenoxy) is 1. The van der Waals surface area contributed by atoms with Gasteiger partial charge in [0, 0.05) is 12.1 Å². The van der Waals surface area contributed by atoms with E-state index < -0.39 is 6.10 Å². The van der Waals surface area contributed by atoms with Crippen LogP contribution in [-0.4, -0.2) is 14.7 Å². The lowest BCUT2D eigenvalue weighted by atomic mass is 10.1. The maximum Gasteiger partial charge on any atom is 0.130 e. The van der Waals surface area contributed by atoms with Crippen LogP contribution >= 0.6 is 0 Å². The molecular weight excluding hydrogens is 252 g/mol. The number of hydrogen-bond donors (Lipinski definition) is 1. The molecule has 1 N–H and O–H groups in total. The Morgan fingerprint density at radius 2 is 2.10 bits per heavy atom. The Labute approximate surface area is 120 Å². The van der Waals surface area contributed by atoms with Crippen molar-refractivity contribution in [3.05, 3.63) is 48.0 Å². The molecule has 1 atom stereocenters. The lowest BCUT2D eigenvalue weighted by Crippen LogP contribution is -2.07. The van der Waals surface area contributed by atoms with Crippen molar-refractivity contribution >= 4 is 0 Å². The summed E-state index contributed by atoms with van der Waals surface area (Å²) in [5, 5.41) is 10.0. The van der Waals surface area contributed by atoms with E-state index in [0.29, 0.717) is 13.0 Å². The van der Waals surface area contributed by atoms with Crippen molar-refractivity contribution in [3.8, 4) is 5.75 Å². The Hall–Kier alpha value is -1.81. The molecule has 0 saturated heterocycles. The molecular formula is C16H22N2O2. The molecule has 1 heterocycles. The van der Waals surface area contributed by atoms with Gasteiger partial charge in [0.05, 0.1) is 24.3 Å². The van der Waals surface area contributed by atoms with Crippen LogP contribution in [0.2, 0.25) is 0 Å². The third-order valence-electron chi connectivity index (χ3n) is 3.30. The number of aliphatic hydroxyl groups excluding tert-OH is 1.